The van der Waals surface area contributed by atoms with E-state index < -0.39 is 0 Å². The SMILES string of the molecule is Cc1ccc2c(c1)N(CC(=O)Nc1ccc(OCC(C)C)cc1)CC(=O)O2. The smallest absolute Gasteiger partial charge is 0.331 e. The molecule has 2 aromatic carbocycles. The molecule has 0 atom stereocenters. The van der Waals surface area contributed by atoms with Crippen LogP contribution in [0.25, 0.3) is 0 Å². The van der Waals surface area contributed by atoms with Crippen LogP contribution in [0, 0.1) is 12.8 Å². The molecular weight excluding hydrogens is 344 g/mol. The molecule has 1 aliphatic heterocycles. The third kappa shape index (κ3) is 5.00. The fraction of sp³-hybridized carbons (Fsp3) is 0.333. The Bertz CT molecular complexity index is 831. The second-order valence-corrected chi connectivity index (χ2v) is 7.08. The standard InChI is InChI=1S/C21H24N2O4/c1-14(2)13-26-17-7-5-16(6-8-17)22-20(24)11-23-12-21(25)27-19-9-4-15(3)10-18(19)23/h4-10,14H,11-13H2,1-3H3,(H,22,24). The van der Waals surface area contributed by atoms with Gasteiger partial charge < -0.3 is 19.7 Å². The molecule has 0 aliphatic carbocycles. The van der Waals surface area contributed by atoms with Crippen molar-refractivity contribution in [3.8, 4) is 11.5 Å². The van der Waals surface area contributed by atoms with Crippen molar-refractivity contribution < 1.29 is 19.1 Å². The highest BCUT2D eigenvalue weighted by molar-refractivity contribution is 5.96. The van der Waals surface area contributed by atoms with Crippen LogP contribution in [0.4, 0.5) is 11.4 Å². The molecule has 0 bridgehead atoms. The van der Waals surface area contributed by atoms with Crippen LogP contribution in [0.15, 0.2) is 42.5 Å². The molecular formula is C21H24N2O4. The van der Waals surface area contributed by atoms with Crippen molar-refractivity contribution in [2.45, 2.75) is 20.8 Å². The van der Waals surface area contributed by atoms with Crippen LogP contribution >= 0.6 is 0 Å². The number of fused-ring (bicyclic) bond motifs is 1. The van der Waals surface area contributed by atoms with E-state index in [1.54, 1.807) is 23.1 Å². The highest BCUT2D eigenvalue weighted by Gasteiger charge is 2.25. The van der Waals surface area contributed by atoms with E-state index in [1.807, 2.05) is 31.2 Å². The maximum atomic E-state index is 12.4. The number of ether oxygens (including phenoxy) is 2. The third-order valence-corrected chi connectivity index (χ3v) is 4.05. The Morgan fingerprint density at radius 3 is 2.67 bits per heavy atom. The summed E-state index contributed by atoms with van der Waals surface area (Å²) in [5.74, 6) is 1.13. The minimum atomic E-state index is -0.370. The zero-order valence-corrected chi connectivity index (χ0v) is 15.8. The fourth-order valence-electron chi connectivity index (χ4n) is 2.77. The molecule has 0 saturated heterocycles. The molecule has 3 rings (SSSR count). The number of amides is 1. The minimum Gasteiger partial charge on any atom is -0.493 e. The van der Waals surface area contributed by atoms with E-state index in [0.29, 0.717) is 24.0 Å². The molecule has 0 fully saturated rings. The predicted molar refractivity (Wildman–Crippen MR) is 104 cm³/mol. The third-order valence-electron chi connectivity index (χ3n) is 4.05. The second kappa shape index (κ2) is 8.12. The topological polar surface area (TPSA) is 67.9 Å². The van der Waals surface area contributed by atoms with Crippen molar-refractivity contribution in [2.24, 2.45) is 5.92 Å². The summed E-state index contributed by atoms with van der Waals surface area (Å²) < 4.78 is 10.9. The zero-order chi connectivity index (χ0) is 19.4. The van der Waals surface area contributed by atoms with Gasteiger partial charge in [-0.25, -0.2) is 4.79 Å². The van der Waals surface area contributed by atoms with Gasteiger partial charge in [-0.1, -0.05) is 19.9 Å². The van der Waals surface area contributed by atoms with Crippen LogP contribution in [-0.4, -0.2) is 31.6 Å². The highest BCUT2D eigenvalue weighted by Crippen LogP contribution is 2.32. The van der Waals surface area contributed by atoms with E-state index in [-0.39, 0.29) is 25.0 Å². The number of anilines is 2. The zero-order valence-electron chi connectivity index (χ0n) is 15.8. The summed E-state index contributed by atoms with van der Waals surface area (Å²) in [7, 11) is 0. The number of aryl methyl sites for hydroxylation is 1. The van der Waals surface area contributed by atoms with Gasteiger partial charge in [-0.2, -0.15) is 0 Å². The summed E-state index contributed by atoms with van der Waals surface area (Å²) in [4.78, 5) is 26.0. The number of benzene rings is 2. The lowest BCUT2D eigenvalue weighted by molar-refractivity contribution is -0.133. The molecule has 27 heavy (non-hydrogen) atoms. The molecule has 6 nitrogen and oxygen atoms in total. The lowest BCUT2D eigenvalue weighted by Gasteiger charge is -2.29. The van der Waals surface area contributed by atoms with Crippen molar-refractivity contribution in [2.75, 3.05) is 29.9 Å². The van der Waals surface area contributed by atoms with E-state index in [9.17, 15) is 9.59 Å². The predicted octanol–water partition coefficient (Wildman–Crippen LogP) is 3.39. The van der Waals surface area contributed by atoms with E-state index in [1.165, 1.54) is 0 Å². The Morgan fingerprint density at radius 2 is 1.96 bits per heavy atom. The highest BCUT2D eigenvalue weighted by atomic mass is 16.5. The number of carbonyl (C=O) groups is 2. The summed E-state index contributed by atoms with van der Waals surface area (Å²) in [5.41, 5.74) is 2.47. The normalized spacial score (nSPS) is 13.2. The van der Waals surface area contributed by atoms with Gasteiger partial charge in [0, 0.05) is 5.69 Å². The summed E-state index contributed by atoms with van der Waals surface area (Å²) in [5, 5.41) is 2.85. The van der Waals surface area contributed by atoms with E-state index in [2.05, 4.69) is 19.2 Å². The van der Waals surface area contributed by atoms with Gasteiger partial charge in [0.25, 0.3) is 0 Å². The largest absolute Gasteiger partial charge is 0.493 e. The number of nitrogens with one attached hydrogen (secondary N) is 1. The molecule has 0 aromatic heterocycles. The van der Waals surface area contributed by atoms with Crippen molar-refractivity contribution in [1.29, 1.82) is 0 Å². The first-order chi connectivity index (χ1) is 12.9. The Hall–Kier alpha value is -3.02. The molecule has 0 radical (unpaired) electrons. The fourth-order valence-corrected chi connectivity index (χ4v) is 2.77. The maximum absolute atomic E-state index is 12.4. The minimum absolute atomic E-state index is 0.0475. The Kier molecular flexibility index (Phi) is 5.64. The van der Waals surface area contributed by atoms with Gasteiger partial charge in [0.15, 0.2) is 5.75 Å². The first-order valence-electron chi connectivity index (χ1n) is 8.99. The van der Waals surface area contributed by atoms with Crippen LogP contribution in [0.5, 0.6) is 11.5 Å². The van der Waals surface area contributed by atoms with Gasteiger partial charge in [0.05, 0.1) is 18.8 Å². The van der Waals surface area contributed by atoms with E-state index in [0.717, 1.165) is 17.0 Å². The average Bonchev–Trinajstić information content (AvgIpc) is 2.61. The van der Waals surface area contributed by atoms with Gasteiger partial charge in [0.2, 0.25) is 5.91 Å². The molecule has 1 N–H and O–H groups in total. The van der Waals surface area contributed by atoms with Crippen molar-refractivity contribution >= 4 is 23.3 Å². The second-order valence-electron chi connectivity index (χ2n) is 7.08. The number of nitrogens with zero attached hydrogens (tertiary/aromatic N) is 1. The lowest BCUT2D eigenvalue weighted by Crippen LogP contribution is -2.41. The molecule has 0 saturated carbocycles. The van der Waals surface area contributed by atoms with E-state index in [4.69, 9.17) is 9.47 Å². The lowest BCUT2D eigenvalue weighted by atomic mass is 10.1. The van der Waals surface area contributed by atoms with Crippen LogP contribution in [0.2, 0.25) is 0 Å². The molecule has 142 valence electrons. The van der Waals surface area contributed by atoms with Crippen molar-refractivity contribution in [3.05, 3.63) is 48.0 Å². The molecule has 1 heterocycles. The van der Waals surface area contributed by atoms with E-state index >= 15 is 0 Å². The summed E-state index contributed by atoms with van der Waals surface area (Å²) in [6.07, 6.45) is 0. The van der Waals surface area contributed by atoms with Crippen LogP contribution in [0.1, 0.15) is 19.4 Å². The molecule has 6 heteroatoms. The van der Waals surface area contributed by atoms with Gasteiger partial charge in [0.1, 0.15) is 12.3 Å². The van der Waals surface area contributed by atoms with Crippen molar-refractivity contribution in [3.63, 3.8) is 0 Å². The Labute approximate surface area is 159 Å². The van der Waals surface area contributed by atoms with Gasteiger partial charge in [-0.05, 0) is 54.8 Å². The summed E-state index contributed by atoms with van der Waals surface area (Å²) in [6, 6.07) is 12.8. The van der Waals surface area contributed by atoms with Gasteiger partial charge in [-0.3, -0.25) is 4.79 Å². The summed E-state index contributed by atoms with van der Waals surface area (Å²) in [6.45, 7) is 6.89. The van der Waals surface area contributed by atoms with Crippen LogP contribution < -0.4 is 19.7 Å². The maximum Gasteiger partial charge on any atom is 0.331 e. The number of hydrogen-bond acceptors (Lipinski definition) is 5. The average molecular weight is 368 g/mol. The molecule has 0 spiro atoms. The first-order valence-corrected chi connectivity index (χ1v) is 8.99. The van der Waals surface area contributed by atoms with Crippen LogP contribution in [0.3, 0.4) is 0 Å². The van der Waals surface area contributed by atoms with Gasteiger partial charge in [-0.15, -0.1) is 0 Å². The number of hydrogen-bond donors (Lipinski definition) is 1. The first kappa shape index (κ1) is 18.8. The molecule has 0 unspecified atom stereocenters. The monoisotopic (exact) mass is 368 g/mol. The number of carbonyl (C=O) groups excluding carboxylic acids is 2. The molecule has 1 amide bonds. The summed E-state index contributed by atoms with van der Waals surface area (Å²) >= 11 is 0. The Morgan fingerprint density at radius 1 is 1.22 bits per heavy atom. The molecule has 2 aromatic rings. The number of rotatable bonds is 6. The quantitative estimate of drug-likeness (QED) is 0.625. The Balaban J connectivity index is 1.63. The molecule has 1 aliphatic rings. The van der Waals surface area contributed by atoms with Crippen LogP contribution in [-0.2, 0) is 9.59 Å². The van der Waals surface area contributed by atoms with Crippen molar-refractivity contribution in [1.82, 2.24) is 0 Å². The number of esters is 1. The van der Waals surface area contributed by atoms with Gasteiger partial charge >= 0.3 is 5.97 Å².